The van der Waals surface area contributed by atoms with Crippen molar-refractivity contribution < 1.29 is 9.59 Å². The Morgan fingerprint density at radius 2 is 1.67 bits per heavy atom. The molecule has 2 aromatic carbocycles. The van der Waals surface area contributed by atoms with Crippen molar-refractivity contribution in [3.63, 3.8) is 0 Å². The minimum atomic E-state index is -0.599. The van der Waals surface area contributed by atoms with Crippen molar-refractivity contribution in [2.24, 2.45) is 5.92 Å². The molecule has 0 radical (unpaired) electrons. The standard InChI is InChI=1S/C20H24N2O2/c1-13(2)18(20(24)21-17-11-6-5-9-15(17)4)22-19(23)16-10-7-8-14(3)12-16/h5-13,18H,1-4H3,(H,21,24)(H,22,23). The van der Waals surface area contributed by atoms with Gasteiger partial charge < -0.3 is 10.6 Å². The van der Waals surface area contributed by atoms with Crippen molar-refractivity contribution in [2.45, 2.75) is 33.7 Å². The molecule has 0 aliphatic heterocycles. The number of para-hydroxylation sites is 1. The van der Waals surface area contributed by atoms with Crippen LogP contribution in [0.4, 0.5) is 5.69 Å². The number of carbonyl (C=O) groups excluding carboxylic acids is 2. The van der Waals surface area contributed by atoms with Gasteiger partial charge in [0.2, 0.25) is 5.91 Å². The molecule has 126 valence electrons. The SMILES string of the molecule is Cc1cccc(C(=O)NC(C(=O)Nc2ccccc2C)C(C)C)c1. The monoisotopic (exact) mass is 324 g/mol. The molecule has 0 fully saturated rings. The number of hydrogen-bond acceptors (Lipinski definition) is 2. The minimum Gasteiger partial charge on any atom is -0.340 e. The Labute approximate surface area is 143 Å². The van der Waals surface area contributed by atoms with Crippen molar-refractivity contribution in [3.8, 4) is 0 Å². The summed E-state index contributed by atoms with van der Waals surface area (Å²) in [6, 6.07) is 14.3. The summed E-state index contributed by atoms with van der Waals surface area (Å²) in [4.78, 5) is 25.1. The van der Waals surface area contributed by atoms with Crippen molar-refractivity contribution in [2.75, 3.05) is 5.32 Å². The van der Waals surface area contributed by atoms with Crippen LogP contribution >= 0.6 is 0 Å². The molecule has 4 heteroatoms. The van der Waals surface area contributed by atoms with Crippen LogP contribution in [0.25, 0.3) is 0 Å². The molecule has 1 atom stereocenters. The fourth-order valence-electron chi connectivity index (χ4n) is 2.47. The van der Waals surface area contributed by atoms with E-state index < -0.39 is 6.04 Å². The highest BCUT2D eigenvalue weighted by molar-refractivity contribution is 6.01. The zero-order chi connectivity index (χ0) is 17.7. The number of rotatable bonds is 5. The molecule has 0 aromatic heterocycles. The van der Waals surface area contributed by atoms with Crippen molar-refractivity contribution in [1.82, 2.24) is 5.32 Å². The highest BCUT2D eigenvalue weighted by Gasteiger charge is 2.25. The van der Waals surface area contributed by atoms with E-state index in [4.69, 9.17) is 0 Å². The molecule has 0 aliphatic rings. The van der Waals surface area contributed by atoms with Gasteiger partial charge in [-0.15, -0.1) is 0 Å². The smallest absolute Gasteiger partial charge is 0.251 e. The Bertz CT molecular complexity index is 738. The topological polar surface area (TPSA) is 58.2 Å². The van der Waals surface area contributed by atoms with Crippen molar-refractivity contribution in [3.05, 3.63) is 65.2 Å². The van der Waals surface area contributed by atoms with Gasteiger partial charge in [0, 0.05) is 11.3 Å². The molecule has 0 saturated carbocycles. The van der Waals surface area contributed by atoms with Crippen molar-refractivity contribution in [1.29, 1.82) is 0 Å². The maximum absolute atomic E-state index is 12.6. The van der Waals surface area contributed by atoms with Crippen LogP contribution in [0.5, 0.6) is 0 Å². The first-order valence-electron chi connectivity index (χ1n) is 8.12. The second kappa shape index (κ2) is 7.77. The molecule has 0 heterocycles. The van der Waals surface area contributed by atoms with E-state index in [0.717, 1.165) is 16.8 Å². The van der Waals surface area contributed by atoms with Crippen LogP contribution in [-0.2, 0) is 4.79 Å². The predicted octanol–water partition coefficient (Wildman–Crippen LogP) is 3.70. The summed E-state index contributed by atoms with van der Waals surface area (Å²) in [5, 5.41) is 5.75. The number of nitrogens with one attached hydrogen (secondary N) is 2. The van der Waals surface area contributed by atoms with Crippen LogP contribution in [0.2, 0.25) is 0 Å². The zero-order valence-electron chi connectivity index (χ0n) is 14.6. The van der Waals surface area contributed by atoms with Gasteiger partial charge in [-0.05, 0) is 43.5 Å². The van der Waals surface area contributed by atoms with Gasteiger partial charge in [-0.2, -0.15) is 0 Å². The molecule has 1 unspecified atom stereocenters. The molecule has 0 aliphatic carbocycles. The molecular weight excluding hydrogens is 300 g/mol. The maximum Gasteiger partial charge on any atom is 0.251 e. The van der Waals surface area contributed by atoms with Crippen LogP contribution in [0.15, 0.2) is 48.5 Å². The van der Waals surface area contributed by atoms with E-state index in [-0.39, 0.29) is 17.7 Å². The molecule has 2 amide bonds. The number of carbonyl (C=O) groups is 2. The first kappa shape index (κ1) is 17.7. The lowest BCUT2D eigenvalue weighted by molar-refractivity contribution is -0.118. The van der Waals surface area contributed by atoms with Gasteiger partial charge in [0.15, 0.2) is 0 Å². The molecule has 2 rings (SSSR count). The lowest BCUT2D eigenvalue weighted by Gasteiger charge is -2.22. The molecule has 0 spiro atoms. The predicted molar refractivity (Wildman–Crippen MR) is 97.1 cm³/mol. The van der Waals surface area contributed by atoms with E-state index in [1.165, 1.54) is 0 Å². The lowest BCUT2D eigenvalue weighted by atomic mass is 10.0. The number of benzene rings is 2. The largest absolute Gasteiger partial charge is 0.340 e. The third-order valence-corrected chi connectivity index (χ3v) is 3.92. The Balaban J connectivity index is 2.13. The summed E-state index contributed by atoms with van der Waals surface area (Å²) in [7, 11) is 0. The number of anilines is 1. The average molecular weight is 324 g/mol. The van der Waals surface area contributed by atoms with Gasteiger partial charge in [-0.25, -0.2) is 0 Å². The van der Waals surface area contributed by atoms with Crippen LogP contribution in [0.3, 0.4) is 0 Å². The molecule has 0 bridgehead atoms. The van der Waals surface area contributed by atoms with E-state index in [2.05, 4.69) is 10.6 Å². The summed E-state index contributed by atoms with van der Waals surface area (Å²) >= 11 is 0. The van der Waals surface area contributed by atoms with E-state index in [0.29, 0.717) is 5.56 Å². The maximum atomic E-state index is 12.6. The molecule has 24 heavy (non-hydrogen) atoms. The fourth-order valence-corrected chi connectivity index (χ4v) is 2.47. The van der Waals surface area contributed by atoms with Crippen LogP contribution in [-0.4, -0.2) is 17.9 Å². The van der Waals surface area contributed by atoms with Gasteiger partial charge >= 0.3 is 0 Å². The summed E-state index contributed by atoms with van der Waals surface area (Å²) in [6.45, 7) is 7.70. The van der Waals surface area contributed by atoms with Gasteiger partial charge in [0.05, 0.1) is 0 Å². The third-order valence-electron chi connectivity index (χ3n) is 3.92. The van der Waals surface area contributed by atoms with Crippen LogP contribution in [0, 0.1) is 19.8 Å². The Hall–Kier alpha value is -2.62. The minimum absolute atomic E-state index is 0.0252. The molecule has 4 nitrogen and oxygen atoms in total. The molecule has 2 aromatic rings. The Morgan fingerprint density at radius 3 is 2.29 bits per heavy atom. The number of hydrogen-bond donors (Lipinski definition) is 2. The van der Waals surface area contributed by atoms with Crippen LogP contribution < -0.4 is 10.6 Å². The average Bonchev–Trinajstić information content (AvgIpc) is 2.54. The van der Waals surface area contributed by atoms with Gasteiger partial charge in [-0.1, -0.05) is 49.7 Å². The van der Waals surface area contributed by atoms with Gasteiger partial charge in [0.25, 0.3) is 5.91 Å². The number of amides is 2. The van der Waals surface area contributed by atoms with E-state index in [1.807, 2.05) is 70.2 Å². The number of aryl methyl sites for hydroxylation is 2. The van der Waals surface area contributed by atoms with Crippen molar-refractivity contribution >= 4 is 17.5 Å². The second-order valence-corrected chi connectivity index (χ2v) is 6.37. The Morgan fingerprint density at radius 1 is 0.958 bits per heavy atom. The quantitative estimate of drug-likeness (QED) is 0.881. The molecular formula is C20H24N2O2. The third kappa shape index (κ3) is 4.44. The Kier molecular flexibility index (Phi) is 5.74. The summed E-state index contributed by atoms with van der Waals surface area (Å²) in [6.07, 6.45) is 0. The normalized spacial score (nSPS) is 11.9. The van der Waals surface area contributed by atoms with E-state index in [1.54, 1.807) is 6.07 Å². The first-order chi connectivity index (χ1) is 11.4. The summed E-state index contributed by atoms with van der Waals surface area (Å²) in [5.41, 5.74) is 3.31. The second-order valence-electron chi connectivity index (χ2n) is 6.37. The zero-order valence-corrected chi connectivity index (χ0v) is 14.6. The highest BCUT2D eigenvalue weighted by atomic mass is 16.2. The van der Waals surface area contributed by atoms with E-state index >= 15 is 0 Å². The van der Waals surface area contributed by atoms with Gasteiger partial charge in [0.1, 0.15) is 6.04 Å². The van der Waals surface area contributed by atoms with Gasteiger partial charge in [-0.3, -0.25) is 9.59 Å². The first-order valence-corrected chi connectivity index (χ1v) is 8.12. The van der Waals surface area contributed by atoms with Crippen LogP contribution in [0.1, 0.15) is 35.3 Å². The molecule has 0 saturated heterocycles. The summed E-state index contributed by atoms with van der Waals surface area (Å²) < 4.78 is 0. The lowest BCUT2D eigenvalue weighted by Crippen LogP contribution is -2.47. The fraction of sp³-hybridized carbons (Fsp3) is 0.300. The van der Waals surface area contributed by atoms with E-state index in [9.17, 15) is 9.59 Å². The molecule has 2 N–H and O–H groups in total. The highest BCUT2D eigenvalue weighted by Crippen LogP contribution is 2.15. The summed E-state index contributed by atoms with van der Waals surface area (Å²) in [5.74, 6) is -0.472.